The van der Waals surface area contributed by atoms with Crippen molar-refractivity contribution < 1.29 is 23.7 Å². The average molecular weight is 421 g/mol. The third kappa shape index (κ3) is 6.74. The van der Waals surface area contributed by atoms with Gasteiger partial charge in [-0.25, -0.2) is 9.78 Å². The minimum absolute atomic E-state index is 0.145. The van der Waals surface area contributed by atoms with Crippen LogP contribution in [0.25, 0.3) is 11.3 Å². The summed E-state index contributed by atoms with van der Waals surface area (Å²) in [5, 5.41) is 0. The molecule has 0 fully saturated rings. The largest absolute Gasteiger partial charge is 0.489 e. The van der Waals surface area contributed by atoms with Gasteiger partial charge in [-0.2, -0.15) is 0 Å². The van der Waals surface area contributed by atoms with Crippen LogP contribution >= 0.6 is 0 Å². The Balaban J connectivity index is 1.57. The molecule has 3 aromatic rings. The zero-order chi connectivity index (χ0) is 22.3. The number of esters is 1. The van der Waals surface area contributed by atoms with Gasteiger partial charge in [0, 0.05) is 5.56 Å². The van der Waals surface area contributed by atoms with Crippen molar-refractivity contribution in [3.8, 4) is 28.6 Å². The molecule has 0 atom stereocenters. The maximum absolute atomic E-state index is 11.7. The van der Waals surface area contributed by atoms with Crippen LogP contribution in [0.5, 0.6) is 17.4 Å². The zero-order valence-corrected chi connectivity index (χ0v) is 18.3. The Morgan fingerprint density at radius 2 is 1.52 bits per heavy atom. The highest BCUT2D eigenvalue weighted by atomic mass is 16.6. The minimum atomic E-state index is -0.534. The number of hydrogen-bond acceptors (Lipinski definition) is 6. The Bertz CT molecular complexity index is 995. The van der Waals surface area contributed by atoms with Crippen molar-refractivity contribution in [2.45, 2.75) is 33.0 Å². The molecule has 0 aliphatic carbocycles. The van der Waals surface area contributed by atoms with Gasteiger partial charge in [0.25, 0.3) is 0 Å². The highest BCUT2D eigenvalue weighted by Gasteiger charge is 2.16. The third-order valence-electron chi connectivity index (χ3n) is 4.20. The molecule has 0 spiro atoms. The smallest absolute Gasteiger partial charge is 0.344 e. The first-order valence-electron chi connectivity index (χ1n) is 10.0. The molecule has 6 heteroatoms. The standard InChI is InChI=1S/C25H27NO5/c1-25(2,3)31-23(27)17-30-21-13-11-20(12-14-21)29-16-19-10-15-22(26-24(19)28-4)18-8-6-5-7-9-18/h5-15H,16-17H2,1-4H3. The highest BCUT2D eigenvalue weighted by Crippen LogP contribution is 2.25. The van der Waals surface area contributed by atoms with Gasteiger partial charge < -0.3 is 18.9 Å². The van der Waals surface area contributed by atoms with E-state index in [0.29, 0.717) is 24.0 Å². The van der Waals surface area contributed by atoms with Crippen LogP contribution in [0.15, 0.2) is 66.7 Å². The fraction of sp³-hybridized carbons (Fsp3) is 0.280. The lowest BCUT2D eigenvalue weighted by Gasteiger charge is -2.19. The Hall–Kier alpha value is -3.54. The summed E-state index contributed by atoms with van der Waals surface area (Å²) < 4.78 is 22.0. The zero-order valence-electron chi connectivity index (χ0n) is 18.3. The SMILES string of the molecule is COc1nc(-c2ccccc2)ccc1COc1ccc(OCC(=O)OC(C)(C)C)cc1. The van der Waals surface area contributed by atoms with E-state index in [4.69, 9.17) is 18.9 Å². The van der Waals surface area contributed by atoms with Crippen LogP contribution < -0.4 is 14.2 Å². The van der Waals surface area contributed by atoms with E-state index in [1.54, 1.807) is 31.4 Å². The molecule has 0 amide bonds. The monoisotopic (exact) mass is 421 g/mol. The van der Waals surface area contributed by atoms with E-state index in [2.05, 4.69) is 4.98 Å². The Labute approximate surface area is 182 Å². The second-order valence-corrected chi connectivity index (χ2v) is 7.87. The quantitative estimate of drug-likeness (QED) is 0.474. The fourth-order valence-corrected chi connectivity index (χ4v) is 2.83. The molecule has 0 aliphatic rings. The van der Waals surface area contributed by atoms with Crippen LogP contribution in [-0.2, 0) is 16.1 Å². The summed E-state index contributed by atoms with van der Waals surface area (Å²) >= 11 is 0. The topological polar surface area (TPSA) is 66.9 Å². The number of carbonyl (C=O) groups is 1. The first kappa shape index (κ1) is 22.2. The molecule has 3 rings (SSSR count). The first-order chi connectivity index (χ1) is 14.8. The first-order valence-corrected chi connectivity index (χ1v) is 10.0. The lowest BCUT2D eigenvalue weighted by atomic mass is 10.1. The van der Waals surface area contributed by atoms with Gasteiger partial charge >= 0.3 is 5.97 Å². The van der Waals surface area contributed by atoms with Gasteiger partial charge in [-0.1, -0.05) is 30.3 Å². The van der Waals surface area contributed by atoms with Crippen molar-refractivity contribution in [1.82, 2.24) is 4.98 Å². The molecule has 0 bridgehead atoms. The van der Waals surface area contributed by atoms with E-state index in [1.165, 1.54) is 0 Å². The van der Waals surface area contributed by atoms with E-state index < -0.39 is 11.6 Å². The van der Waals surface area contributed by atoms with Gasteiger partial charge in [-0.15, -0.1) is 0 Å². The highest BCUT2D eigenvalue weighted by molar-refractivity contribution is 5.71. The van der Waals surface area contributed by atoms with Gasteiger partial charge in [0.1, 0.15) is 23.7 Å². The fourth-order valence-electron chi connectivity index (χ4n) is 2.83. The summed E-state index contributed by atoms with van der Waals surface area (Å²) in [5.74, 6) is 1.34. The number of hydrogen-bond donors (Lipinski definition) is 0. The lowest BCUT2D eigenvalue weighted by molar-refractivity contribution is -0.157. The molecule has 0 unspecified atom stereocenters. The predicted octanol–water partition coefficient (Wildman–Crippen LogP) is 5.06. The molecule has 1 aromatic heterocycles. The van der Waals surface area contributed by atoms with Crippen molar-refractivity contribution in [2.75, 3.05) is 13.7 Å². The maximum atomic E-state index is 11.7. The number of nitrogens with zero attached hydrogens (tertiary/aromatic N) is 1. The Morgan fingerprint density at radius 1 is 0.871 bits per heavy atom. The molecular weight excluding hydrogens is 394 g/mol. The van der Waals surface area contributed by atoms with Gasteiger partial charge in [0.05, 0.1) is 18.4 Å². The van der Waals surface area contributed by atoms with E-state index in [-0.39, 0.29) is 6.61 Å². The normalized spacial score (nSPS) is 11.0. The summed E-state index contributed by atoms with van der Waals surface area (Å²) in [4.78, 5) is 16.3. The van der Waals surface area contributed by atoms with Crippen LogP contribution in [-0.4, -0.2) is 30.3 Å². The van der Waals surface area contributed by atoms with E-state index in [1.807, 2.05) is 63.2 Å². The molecule has 31 heavy (non-hydrogen) atoms. The van der Waals surface area contributed by atoms with Crippen molar-refractivity contribution in [3.63, 3.8) is 0 Å². The van der Waals surface area contributed by atoms with Crippen molar-refractivity contribution in [1.29, 1.82) is 0 Å². The number of pyridine rings is 1. The molecule has 162 valence electrons. The van der Waals surface area contributed by atoms with Crippen LogP contribution in [0.2, 0.25) is 0 Å². The maximum Gasteiger partial charge on any atom is 0.344 e. The van der Waals surface area contributed by atoms with E-state index in [9.17, 15) is 4.79 Å². The Kier molecular flexibility index (Phi) is 7.13. The molecule has 0 saturated heterocycles. The summed E-state index contributed by atoms with van der Waals surface area (Å²) in [6, 6.07) is 20.9. The van der Waals surface area contributed by atoms with Gasteiger partial charge in [-0.05, 0) is 57.2 Å². The second kappa shape index (κ2) is 9.98. The molecule has 0 N–H and O–H groups in total. The molecule has 0 saturated carbocycles. The molecule has 6 nitrogen and oxygen atoms in total. The summed E-state index contributed by atoms with van der Waals surface area (Å²) in [7, 11) is 1.59. The van der Waals surface area contributed by atoms with Crippen molar-refractivity contribution >= 4 is 5.97 Å². The molecular formula is C25H27NO5. The van der Waals surface area contributed by atoms with E-state index >= 15 is 0 Å². The Morgan fingerprint density at radius 3 is 2.13 bits per heavy atom. The summed E-state index contributed by atoms with van der Waals surface area (Å²) in [6.07, 6.45) is 0. The van der Waals surface area contributed by atoms with Crippen LogP contribution in [0, 0.1) is 0 Å². The number of benzene rings is 2. The molecule has 0 aliphatic heterocycles. The third-order valence-corrected chi connectivity index (χ3v) is 4.20. The number of aromatic nitrogens is 1. The van der Waals surface area contributed by atoms with Crippen LogP contribution in [0.3, 0.4) is 0 Å². The summed E-state index contributed by atoms with van der Waals surface area (Å²) in [5.41, 5.74) is 2.17. The lowest BCUT2D eigenvalue weighted by Crippen LogP contribution is -2.27. The van der Waals surface area contributed by atoms with Crippen LogP contribution in [0.4, 0.5) is 0 Å². The van der Waals surface area contributed by atoms with Gasteiger partial charge in [0.15, 0.2) is 6.61 Å². The van der Waals surface area contributed by atoms with Gasteiger partial charge in [0.2, 0.25) is 5.88 Å². The number of carbonyl (C=O) groups excluding carboxylic acids is 1. The predicted molar refractivity (Wildman–Crippen MR) is 118 cm³/mol. The molecule has 2 aromatic carbocycles. The van der Waals surface area contributed by atoms with Crippen molar-refractivity contribution in [3.05, 3.63) is 72.3 Å². The number of methoxy groups -OCH3 is 1. The van der Waals surface area contributed by atoms with Gasteiger partial charge in [-0.3, -0.25) is 0 Å². The molecule has 0 radical (unpaired) electrons. The number of rotatable bonds is 8. The minimum Gasteiger partial charge on any atom is -0.489 e. The van der Waals surface area contributed by atoms with Crippen LogP contribution in [0.1, 0.15) is 26.3 Å². The van der Waals surface area contributed by atoms with E-state index in [0.717, 1.165) is 16.8 Å². The van der Waals surface area contributed by atoms with Crippen molar-refractivity contribution in [2.24, 2.45) is 0 Å². The summed E-state index contributed by atoms with van der Waals surface area (Å²) in [6.45, 7) is 5.61. The second-order valence-electron chi connectivity index (χ2n) is 7.87. The average Bonchev–Trinajstić information content (AvgIpc) is 2.76. The molecule has 1 heterocycles. The number of ether oxygens (including phenoxy) is 4.